The average Bonchev–Trinajstić information content (AvgIpc) is 3.21. The Balaban J connectivity index is 1.80. The summed E-state index contributed by atoms with van der Waals surface area (Å²) in [5.74, 6) is -0.338. The van der Waals surface area contributed by atoms with Crippen molar-refractivity contribution in [1.82, 2.24) is 5.32 Å². The van der Waals surface area contributed by atoms with E-state index < -0.39 is 0 Å². The number of hydrogen-bond acceptors (Lipinski definition) is 4. The molecule has 2 amide bonds. The summed E-state index contributed by atoms with van der Waals surface area (Å²) in [7, 11) is 1.61. The van der Waals surface area contributed by atoms with Crippen LogP contribution in [-0.2, 0) is 17.6 Å². The monoisotopic (exact) mass is 332 g/mol. The first kappa shape index (κ1) is 15.0. The molecule has 3 rings (SSSR count). The lowest BCUT2D eigenvalue weighted by atomic mass is 10.1. The SMILES string of the molecule is CNC(=O)c1c(NC(=O)/C=C/c2cccs2)sc2c1CCC2. The van der Waals surface area contributed by atoms with Crippen LogP contribution in [-0.4, -0.2) is 18.9 Å². The van der Waals surface area contributed by atoms with Crippen molar-refractivity contribution in [2.75, 3.05) is 12.4 Å². The van der Waals surface area contributed by atoms with E-state index in [0.29, 0.717) is 10.6 Å². The maximum atomic E-state index is 12.1. The van der Waals surface area contributed by atoms with Crippen molar-refractivity contribution in [3.8, 4) is 0 Å². The van der Waals surface area contributed by atoms with Crippen LogP contribution in [0.5, 0.6) is 0 Å². The fourth-order valence-electron chi connectivity index (χ4n) is 2.56. The molecule has 22 heavy (non-hydrogen) atoms. The molecule has 0 radical (unpaired) electrons. The van der Waals surface area contributed by atoms with E-state index in [2.05, 4.69) is 10.6 Å². The van der Waals surface area contributed by atoms with E-state index in [1.807, 2.05) is 17.5 Å². The van der Waals surface area contributed by atoms with Gasteiger partial charge in [-0.15, -0.1) is 22.7 Å². The van der Waals surface area contributed by atoms with Crippen LogP contribution in [0.25, 0.3) is 6.08 Å². The van der Waals surface area contributed by atoms with E-state index in [9.17, 15) is 9.59 Å². The van der Waals surface area contributed by atoms with E-state index in [-0.39, 0.29) is 11.8 Å². The molecule has 2 aromatic rings. The number of carbonyl (C=O) groups excluding carboxylic acids is 2. The summed E-state index contributed by atoms with van der Waals surface area (Å²) in [6.45, 7) is 0. The number of thiophene rings is 2. The molecule has 0 atom stereocenters. The summed E-state index contributed by atoms with van der Waals surface area (Å²) in [5.41, 5.74) is 1.74. The number of aryl methyl sites for hydroxylation is 1. The fourth-order valence-corrected chi connectivity index (χ4v) is 4.46. The second-order valence-corrected chi connectivity index (χ2v) is 7.06. The summed E-state index contributed by atoms with van der Waals surface area (Å²) in [6, 6.07) is 3.89. The minimum Gasteiger partial charge on any atom is -0.355 e. The van der Waals surface area contributed by atoms with Gasteiger partial charge in [0.15, 0.2) is 0 Å². The zero-order chi connectivity index (χ0) is 15.5. The standard InChI is InChI=1S/C16H16N2O2S2/c1-17-15(20)14-11-5-2-6-12(11)22-16(14)18-13(19)8-7-10-4-3-9-21-10/h3-4,7-9H,2,5-6H2,1H3,(H,17,20)(H,18,19)/b8-7+. The molecular formula is C16H16N2O2S2. The van der Waals surface area contributed by atoms with Crippen molar-refractivity contribution in [1.29, 1.82) is 0 Å². The van der Waals surface area contributed by atoms with Crippen molar-refractivity contribution >= 4 is 45.6 Å². The number of fused-ring (bicyclic) bond motifs is 1. The molecule has 6 heteroatoms. The van der Waals surface area contributed by atoms with Gasteiger partial charge in [-0.25, -0.2) is 0 Å². The normalized spacial score (nSPS) is 13.3. The highest BCUT2D eigenvalue weighted by molar-refractivity contribution is 7.17. The summed E-state index contributed by atoms with van der Waals surface area (Å²) in [4.78, 5) is 26.4. The molecule has 0 saturated heterocycles. The molecule has 0 unspecified atom stereocenters. The smallest absolute Gasteiger partial charge is 0.254 e. The number of nitrogens with one attached hydrogen (secondary N) is 2. The maximum absolute atomic E-state index is 12.1. The Labute approximate surface area is 136 Å². The molecule has 2 heterocycles. The van der Waals surface area contributed by atoms with Crippen LogP contribution in [0.2, 0.25) is 0 Å². The predicted molar refractivity (Wildman–Crippen MR) is 91.7 cm³/mol. The lowest BCUT2D eigenvalue weighted by Crippen LogP contribution is -2.21. The third-order valence-corrected chi connectivity index (χ3v) is 5.60. The van der Waals surface area contributed by atoms with Gasteiger partial charge in [-0.2, -0.15) is 0 Å². The van der Waals surface area contributed by atoms with Gasteiger partial charge in [-0.1, -0.05) is 6.07 Å². The fraction of sp³-hybridized carbons (Fsp3) is 0.250. The number of rotatable bonds is 4. The van der Waals surface area contributed by atoms with E-state index >= 15 is 0 Å². The van der Waals surface area contributed by atoms with Gasteiger partial charge in [0.2, 0.25) is 5.91 Å². The van der Waals surface area contributed by atoms with Gasteiger partial charge in [0, 0.05) is 22.9 Å². The zero-order valence-corrected chi connectivity index (χ0v) is 13.8. The van der Waals surface area contributed by atoms with Crippen molar-refractivity contribution in [2.45, 2.75) is 19.3 Å². The molecule has 1 aliphatic carbocycles. The Kier molecular flexibility index (Phi) is 4.40. The second-order valence-electron chi connectivity index (χ2n) is 4.98. The van der Waals surface area contributed by atoms with Crippen LogP contribution in [0.1, 0.15) is 32.1 Å². The lowest BCUT2D eigenvalue weighted by molar-refractivity contribution is -0.111. The minimum atomic E-state index is -0.210. The summed E-state index contributed by atoms with van der Waals surface area (Å²) in [6.07, 6.45) is 6.27. The first-order valence-corrected chi connectivity index (χ1v) is 8.78. The highest BCUT2D eigenvalue weighted by Crippen LogP contribution is 2.39. The van der Waals surface area contributed by atoms with Gasteiger partial charge in [0.05, 0.1) is 5.56 Å². The lowest BCUT2D eigenvalue weighted by Gasteiger charge is -2.05. The van der Waals surface area contributed by atoms with Gasteiger partial charge in [0.1, 0.15) is 5.00 Å². The minimum absolute atomic E-state index is 0.128. The Morgan fingerprint density at radius 1 is 1.32 bits per heavy atom. The predicted octanol–water partition coefficient (Wildman–Crippen LogP) is 3.31. The molecule has 0 aliphatic heterocycles. The average molecular weight is 332 g/mol. The number of hydrogen-bond donors (Lipinski definition) is 2. The largest absolute Gasteiger partial charge is 0.355 e. The van der Waals surface area contributed by atoms with Crippen LogP contribution >= 0.6 is 22.7 Å². The maximum Gasteiger partial charge on any atom is 0.254 e. The Hall–Kier alpha value is -1.92. The second kappa shape index (κ2) is 6.46. The molecule has 0 bridgehead atoms. The van der Waals surface area contributed by atoms with E-state index in [1.165, 1.54) is 22.3 Å². The van der Waals surface area contributed by atoms with Crippen molar-refractivity contribution in [3.63, 3.8) is 0 Å². The number of anilines is 1. The molecule has 0 saturated carbocycles. The quantitative estimate of drug-likeness (QED) is 0.844. The van der Waals surface area contributed by atoms with Crippen molar-refractivity contribution in [3.05, 3.63) is 44.5 Å². The summed E-state index contributed by atoms with van der Waals surface area (Å²) < 4.78 is 0. The molecule has 4 nitrogen and oxygen atoms in total. The van der Waals surface area contributed by atoms with Crippen LogP contribution in [0, 0.1) is 0 Å². The number of amides is 2. The van der Waals surface area contributed by atoms with Crippen LogP contribution in [0.15, 0.2) is 23.6 Å². The van der Waals surface area contributed by atoms with E-state index in [0.717, 1.165) is 29.7 Å². The van der Waals surface area contributed by atoms with Gasteiger partial charge in [-0.05, 0) is 42.3 Å². The Morgan fingerprint density at radius 2 is 2.18 bits per heavy atom. The highest BCUT2D eigenvalue weighted by Gasteiger charge is 2.26. The first-order valence-electron chi connectivity index (χ1n) is 7.08. The van der Waals surface area contributed by atoms with E-state index in [1.54, 1.807) is 24.5 Å². The third kappa shape index (κ3) is 2.98. The van der Waals surface area contributed by atoms with Gasteiger partial charge >= 0.3 is 0 Å². The van der Waals surface area contributed by atoms with Crippen molar-refractivity contribution in [2.24, 2.45) is 0 Å². The van der Waals surface area contributed by atoms with Crippen LogP contribution in [0.3, 0.4) is 0 Å². The molecular weight excluding hydrogens is 316 g/mol. The van der Waals surface area contributed by atoms with Gasteiger partial charge in [-0.3, -0.25) is 9.59 Å². The molecule has 1 aliphatic rings. The van der Waals surface area contributed by atoms with Gasteiger partial charge < -0.3 is 10.6 Å². The molecule has 0 fully saturated rings. The molecule has 0 aromatic carbocycles. The van der Waals surface area contributed by atoms with Gasteiger partial charge in [0.25, 0.3) is 5.91 Å². The molecule has 0 spiro atoms. The van der Waals surface area contributed by atoms with Crippen LogP contribution in [0.4, 0.5) is 5.00 Å². The summed E-state index contributed by atoms with van der Waals surface area (Å²) in [5, 5.41) is 8.14. The Morgan fingerprint density at radius 3 is 2.91 bits per heavy atom. The van der Waals surface area contributed by atoms with Crippen molar-refractivity contribution < 1.29 is 9.59 Å². The molecule has 2 N–H and O–H groups in total. The molecule has 114 valence electrons. The third-order valence-electron chi connectivity index (χ3n) is 3.55. The Bertz CT molecular complexity index is 730. The van der Waals surface area contributed by atoms with Crippen LogP contribution < -0.4 is 10.6 Å². The molecule has 2 aromatic heterocycles. The topological polar surface area (TPSA) is 58.2 Å². The number of carbonyl (C=O) groups is 2. The highest BCUT2D eigenvalue weighted by atomic mass is 32.1. The zero-order valence-electron chi connectivity index (χ0n) is 12.1. The first-order chi connectivity index (χ1) is 10.7. The van der Waals surface area contributed by atoms with E-state index in [4.69, 9.17) is 0 Å². The summed E-state index contributed by atoms with van der Waals surface area (Å²) >= 11 is 3.09.